The highest BCUT2D eigenvalue weighted by molar-refractivity contribution is 7.98. The van der Waals surface area contributed by atoms with Crippen molar-refractivity contribution >= 4 is 23.4 Å². The van der Waals surface area contributed by atoms with E-state index >= 15 is 0 Å². The van der Waals surface area contributed by atoms with E-state index < -0.39 is 0 Å². The number of fused-ring (bicyclic) bond motifs is 1. The lowest BCUT2D eigenvalue weighted by Gasteiger charge is -2.28. The van der Waals surface area contributed by atoms with Gasteiger partial charge in [0, 0.05) is 48.9 Å². The van der Waals surface area contributed by atoms with Crippen molar-refractivity contribution in [3.8, 4) is 0 Å². The van der Waals surface area contributed by atoms with E-state index in [1.54, 1.807) is 4.52 Å². The number of carbonyl (C=O) groups excluding carboxylic acids is 1. The average molecular weight is 382 g/mol. The molecular formula is C19H22N6OS. The molecule has 1 fully saturated rings. The van der Waals surface area contributed by atoms with E-state index in [0.29, 0.717) is 16.7 Å². The van der Waals surface area contributed by atoms with Crippen LogP contribution >= 0.6 is 11.8 Å². The van der Waals surface area contributed by atoms with Crippen LogP contribution in [0.1, 0.15) is 27.3 Å². The standard InChI is InChI=1S/C19H22N6OS/c1-13-11-14(2)25-18(21-13)22-19(23-25)27-12-15-5-3-4-6-16(15)17(26)24-9-7-20-8-10-24/h3-6,11,20H,7-10,12H2,1-2H3. The maximum Gasteiger partial charge on any atom is 0.254 e. The van der Waals surface area contributed by atoms with Gasteiger partial charge >= 0.3 is 0 Å². The number of hydrogen-bond donors (Lipinski definition) is 1. The van der Waals surface area contributed by atoms with Crippen molar-refractivity contribution in [2.24, 2.45) is 0 Å². The first kappa shape index (κ1) is 17.9. The van der Waals surface area contributed by atoms with Crippen LogP contribution in [0.5, 0.6) is 0 Å². The van der Waals surface area contributed by atoms with Crippen LogP contribution in [-0.4, -0.2) is 56.6 Å². The predicted octanol–water partition coefficient (Wildman–Crippen LogP) is 2.08. The van der Waals surface area contributed by atoms with Gasteiger partial charge < -0.3 is 10.2 Å². The molecule has 0 aliphatic carbocycles. The second-order valence-electron chi connectivity index (χ2n) is 6.63. The number of amides is 1. The number of nitrogens with one attached hydrogen (secondary N) is 1. The van der Waals surface area contributed by atoms with Gasteiger partial charge in [-0.15, -0.1) is 5.10 Å². The van der Waals surface area contributed by atoms with Gasteiger partial charge in [0.25, 0.3) is 11.7 Å². The third-order valence-corrected chi connectivity index (χ3v) is 5.49. The monoisotopic (exact) mass is 382 g/mol. The van der Waals surface area contributed by atoms with Crippen molar-refractivity contribution < 1.29 is 4.79 Å². The normalized spacial score (nSPS) is 14.7. The lowest BCUT2D eigenvalue weighted by molar-refractivity contribution is 0.0735. The largest absolute Gasteiger partial charge is 0.336 e. The van der Waals surface area contributed by atoms with Crippen LogP contribution in [0.2, 0.25) is 0 Å². The van der Waals surface area contributed by atoms with Gasteiger partial charge in [-0.25, -0.2) is 9.50 Å². The molecule has 8 heteroatoms. The van der Waals surface area contributed by atoms with E-state index in [1.807, 2.05) is 49.1 Å². The molecule has 0 bridgehead atoms. The number of carbonyl (C=O) groups is 1. The average Bonchev–Trinajstić information content (AvgIpc) is 3.10. The van der Waals surface area contributed by atoms with Gasteiger partial charge in [-0.3, -0.25) is 4.79 Å². The van der Waals surface area contributed by atoms with Crippen molar-refractivity contribution in [1.29, 1.82) is 0 Å². The molecular weight excluding hydrogens is 360 g/mol. The molecule has 0 atom stereocenters. The molecule has 7 nitrogen and oxygen atoms in total. The molecule has 1 aliphatic rings. The third-order valence-electron chi connectivity index (χ3n) is 4.61. The molecule has 27 heavy (non-hydrogen) atoms. The lowest BCUT2D eigenvalue weighted by atomic mass is 10.1. The van der Waals surface area contributed by atoms with Gasteiger partial charge in [0.1, 0.15) is 0 Å². The van der Waals surface area contributed by atoms with E-state index in [1.165, 1.54) is 11.8 Å². The Hall–Kier alpha value is -2.45. The minimum Gasteiger partial charge on any atom is -0.336 e. The quantitative estimate of drug-likeness (QED) is 0.697. The molecule has 140 valence electrons. The van der Waals surface area contributed by atoms with E-state index in [2.05, 4.69) is 20.4 Å². The van der Waals surface area contributed by atoms with Crippen LogP contribution in [-0.2, 0) is 5.75 Å². The number of aryl methyl sites for hydroxylation is 2. The first-order valence-electron chi connectivity index (χ1n) is 9.03. The topological polar surface area (TPSA) is 75.4 Å². The summed E-state index contributed by atoms with van der Waals surface area (Å²) in [5.74, 6) is 1.35. The molecule has 1 N–H and O–H groups in total. The van der Waals surface area contributed by atoms with Crippen LogP contribution < -0.4 is 5.32 Å². The molecule has 0 radical (unpaired) electrons. The SMILES string of the molecule is Cc1cc(C)n2nc(SCc3ccccc3C(=O)N3CCNCC3)nc2n1. The summed E-state index contributed by atoms with van der Waals surface area (Å²) in [6.07, 6.45) is 0. The van der Waals surface area contributed by atoms with E-state index in [9.17, 15) is 4.79 Å². The van der Waals surface area contributed by atoms with Crippen LogP contribution in [0.3, 0.4) is 0 Å². The minimum absolute atomic E-state index is 0.101. The zero-order chi connectivity index (χ0) is 18.8. The molecule has 1 amide bonds. The highest BCUT2D eigenvalue weighted by Gasteiger charge is 2.20. The minimum atomic E-state index is 0.101. The number of hydrogen-bond acceptors (Lipinski definition) is 6. The summed E-state index contributed by atoms with van der Waals surface area (Å²) in [7, 11) is 0. The van der Waals surface area contributed by atoms with Crippen molar-refractivity contribution in [3.05, 3.63) is 52.8 Å². The molecule has 0 spiro atoms. The van der Waals surface area contributed by atoms with E-state index in [4.69, 9.17) is 0 Å². The Bertz CT molecular complexity index is 979. The fourth-order valence-corrected chi connectivity index (χ4v) is 4.07. The van der Waals surface area contributed by atoms with Crippen molar-refractivity contribution in [2.45, 2.75) is 24.8 Å². The van der Waals surface area contributed by atoms with Gasteiger partial charge in [0.2, 0.25) is 5.16 Å². The first-order chi connectivity index (χ1) is 13.1. The summed E-state index contributed by atoms with van der Waals surface area (Å²) in [4.78, 5) is 23.8. The summed E-state index contributed by atoms with van der Waals surface area (Å²) < 4.78 is 1.76. The zero-order valence-electron chi connectivity index (χ0n) is 15.5. The van der Waals surface area contributed by atoms with Gasteiger partial charge in [-0.05, 0) is 31.5 Å². The van der Waals surface area contributed by atoms with Crippen LogP contribution in [0, 0.1) is 13.8 Å². The smallest absolute Gasteiger partial charge is 0.254 e. The van der Waals surface area contributed by atoms with E-state index in [-0.39, 0.29) is 5.91 Å². The lowest BCUT2D eigenvalue weighted by Crippen LogP contribution is -2.46. The maximum absolute atomic E-state index is 12.9. The van der Waals surface area contributed by atoms with Crippen molar-refractivity contribution in [2.75, 3.05) is 26.2 Å². The van der Waals surface area contributed by atoms with Crippen LogP contribution in [0.15, 0.2) is 35.5 Å². The second kappa shape index (κ2) is 7.66. The second-order valence-corrected chi connectivity index (χ2v) is 7.58. The molecule has 4 rings (SSSR count). The van der Waals surface area contributed by atoms with Crippen molar-refractivity contribution in [3.63, 3.8) is 0 Å². The third kappa shape index (κ3) is 3.81. The Morgan fingerprint density at radius 1 is 1.19 bits per heavy atom. The summed E-state index contributed by atoms with van der Waals surface area (Å²) in [6.45, 7) is 7.13. The fraction of sp³-hybridized carbons (Fsp3) is 0.368. The molecule has 2 aromatic heterocycles. The van der Waals surface area contributed by atoms with Crippen LogP contribution in [0.4, 0.5) is 0 Å². The molecule has 1 saturated heterocycles. The molecule has 1 aromatic carbocycles. The summed E-state index contributed by atoms with van der Waals surface area (Å²) >= 11 is 1.53. The summed E-state index contributed by atoms with van der Waals surface area (Å²) in [5, 5.41) is 8.48. The Kier molecular flexibility index (Phi) is 5.09. The number of benzene rings is 1. The molecule has 0 unspecified atom stereocenters. The highest BCUT2D eigenvalue weighted by Crippen LogP contribution is 2.23. The fourth-order valence-electron chi connectivity index (χ4n) is 3.24. The first-order valence-corrected chi connectivity index (χ1v) is 10.0. The Morgan fingerprint density at radius 2 is 1.96 bits per heavy atom. The Labute approximate surface area is 162 Å². The van der Waals surface area contributed by atoms with Crippen LogP contribution in [0.25, 0.3) is 5.78 Å². The van der Waals surface area contributed by atoms with Gasteiger partial charge in [0.15, 0.2) is 0 Å². The number of piperazine rings is 1. The number of nitrogens with zero attached hydrogens (tertiary/aromatic N) is 5. The van der Waals surface area contributed by atoms with Gasteiger partial charge in [-0.2, -0.15) is 4.98 Å². The number of thioether (sulfide) groups is 1. The summed E-state index contributed by atoms with van der Waals surface area (Å²) in [6, 6.07) is 9.79. The summed E-state index contributed by atoms with van der Waals surface area (Å²) in [5.41, 5.74) is 3.70. The van der Waals surface area contributed by atoms with Crippen molar-refractivity contribution in [1.82, 2.24) is 29.8 Å². The number of aromatic nitrogens is 4. The Morgan fingerprint density at radius 3 is 2.78 bits per heavy atom. The predicted molar refractivity (Wildman–Crippen MR) is 105 cm³/mol. The molecule has 0 saturated carbocycles. The van der Waals surface area contributed by atoms with E-state index in [0.717, 1.165) is 48.7 Å². The van der Waals surface area contributed by atoms with Gasteiger partial charge in [0.05, 0.1) is 0 Å². The molecule has 1 aliphatic heterocycles. The maximum atomic E-state index is 12.9. The zero-order valence-corrected chi connectivity index (χ0v) is 16.3. The molecule has 3 heterocycles. The van der Waals surface area contributed by atoms with Gasteiger partial charge in [-0.1, -0.05) is 30.0 Å². The Balaban J connectivity index is 1.53. The highest BCUT2D eigenvalue weighted by atomic mass is 32.2. The number of rotatable bonds is 4. The molecule has 3 aromatic rings.